The number of ether oxygens (including phenoxy) is 3. The summed E-state index contributed by atoms with van der Waals surface area (Å²) >= 11 is 0. The maximum Gasteiger partial charge on any atom is 0.251 e. The lowest BCUT2D eigenvalue weighted by atomic mass is 10.1. The summed E-state index contributed by atoms with van der Waals surface area (Å²) in [6, 6.07) is 12.7. The van der Waals surface area contributed by atoms with Crippen LogP contribution in [0.1, 0.15) is 12.0 Å². The molecule has 8 nitrogen and oxygen atoms in total. The summed E-state index contributed by atoms with van der Waals surface area (Å²) in [5.41, 5.74) is 1.77. The number of hydrogen-bond acceptors (Lipinski definition) is 7. The Morgan fingerprint density at radius 1 is 0.968 bits per heavy atom. The van der Waals surface area contributed by atoms with Crippen molar-refractivity contribution in [3.63, 3.8) is 0 Å². The Labute approximate surface area is 180 Å². The summed E-state index contributed by atoms with van der Waals surface area (Å²) in [5.74, 6) is 1.99. The molecular weight excluding hydrogens is 398 g/mol. The number of hydrogen-bond donors (Lipinski definition) is 0. The molecular formula is C23H25N3O5. The van der Waals surface area contributed by atoms with Crippen LogP contribution in [0.25, 0.3) is 0 Å². The monoisotopic (exact) mass is 423 g/mol. The van der Waals surface area contributed by atoms with Crippen LogP contribution in [0, 0.1) is 0 Å². The van der Waals surface area contributed by atoms with Gasteiger partial charge in [-0.05, 0) is 42.0 Å². The zero-order chi connectivity index (χ0) is 21.4. The van der Waals surface area contributed by atoms with Gasteiger partial charge in [-0.25, -0.2) is 4.90 Å². The Morgan fingerprint density at radius 2 is 1.71 bits per heavy atom. The fourth-order valence-electron chi connectivity index (χ4n) is 4.43. The van der Waals surface area contributed by atoms with Gasteiger partial charge >= 0.3 is 0 Å². The molecule has 2 aromatic carbocycles. The van der Waals surface area contributed by atoms with E-state index in [-0.39, 0.29) is 31.1 Å². The number of benzene rings is 2. The fraction of sp³-hybridized carbons (Fsp3) is 0.391. The highest BCUT2D eigenvalue weighted by atomic mass is 16.7. The zero-order valence-corrected chi connectivity index (χ0v) is 17.5. The number of amides is 2. The summed E-state index contributed by atoms with van der Waals surface area (Å²) < 4.78 is 16.0. The molecule has 0 bridgehead atoms. The zero-order valence-electron chi connectivity index (χ0n) is 17.5. The van der Waals surface area contributed by atoms with Crippen molar-refractivity contribution in [2.24, 2.45) is 0 Å². The second-order valence-corrected chi connectivity index (χ2v) is 7.99. The first-order valence-electron chi connectivity index (χ1n) is 10.5. The van der Waals surface area contributed by atoms with Gasteiger partial charge in [-0.3, -0.25) is 19.4 Å². The average Bonchev–Trinajstić information content (AvgIpc) is 3.38. The maximum absolute atomic E-state index is 13.0. The van der Waals surface area contributed by atoms with Gasteiger partial charge in [0.2, 0.25) is 12.7 Å². The summed E-state index contributed by atoms with van der Waals surface area (Å²) in [4.78, 5) is 31.5. The summed E-state index contributed by atoms with van der Waals surface area (Å²) in [6.07, 6.45) is 0.229. The van der Waals surface area contributed by atoms with Crippen LogP contribution < -0.4 is 19.1 Å². The number of imide groups is 1. The molecule has 0 radical (unpaired) electrons. The highest BCUT2D eigenvalue weighted by Crippen LogP contribution is 2.33. The van der Waals surface area contributed by atoms with E-state index in [4.69, 9.17) is 14.2 Å². The Bertz CT molecular complexity index is 985. The molecule has 0 aliphatic carbocycles. The van der Waals surface area contributed by atoms with Crippen LogP contribution in [0.2, 0.25) is 0 Å². The van der Waals surface area contributed by atoms with Crippen LogP contribution in [-0.4, -0.2) is 67.7 Å². The van der Waals surface area contributed by atoms with Gasteiger partial charge in [-0.1, -0.05) is 6.07 Å². The number of fused-ring (bicyclic) bond motifs is 1. The maximum atomic E-state index is 13.0. The smallest absolute Gasteiger partial charge is 0.251 e. The van der Waals surface area contributed by atoms with Crippen molar-refractivity contribution < 1.29 is 23.8 Å². The largest absolute Gasteiger partial charge is 0.497 e. The lowest BCUT2D eigenvalue weighted by Gasteiger charge is -2.37. The van der Waals surface area contributed by atoms with E-state index in [0.29, 0.717) is 11.4 Å². The van der Waals surface area contributed by atoms with Gasteiger partial charge in [0.05, 0.1) is 25.3 Å². The Kier molecular flexibility index (Phi) is 5.25. The van der Waals surface area contributed by atoms with Crippen molar-refractivity contribution in [2.75, 3.05) is 45.0 Å². The third-order valence-corrected chi connectivity index (χ3v) is 6.14. The molecule has 0 unspecified atom stereocenters. The molecule has 162 valence electrons. The van der Waals surface area contributed by atoms with Gasteiger partial charge in [0, 0.05) is 32.7 Å². The average molecular weight is 423 g/mol. The van der Waals surface area contributed by atoms with Crippen LogP contribution in [0.5, 0.6) is 17.2 Å². The number of anilines is 1. The number of piperazine rings is 1. The number of rotatable bonds is 5. The molecule has 5 rings (SSSR count). The number of carbonyl (C=O) groups is 2. The van der Waals surface area contributed by atoms with E-state index in [1.165, 1.54) is 10.5 Å². The van der Waals surface area contributed by atoms with E-state index in [0.717, 1.165) is 44.2 Å². The quantitative estimate of drug-likeness (QED) is 0.680. The van der Waals surface area contributed by atoms with Crippen molar-refractivity contribution in [2.45, 2.75) is 19.0 Å². The number of nitrogens with zero attached hydrogens (tertiary/aromatic N) is 3. The first kappa shape index (κ1) is 19.8. The molecule has 2 aromatic rings. The van der Waals surface area contributed by atoms with E-state index >= 15 is 0 Å². The minimum absolute atomic E-state index is 0.139. The van der Waals surface area contributed by atoms with Gasteiger partial charge in [0.15, 0.2) is 11.5 Å². The predicted octanol–water partition coefficient (Wildman–Crippen LogP) is 1.87. The molecule has 3 aliphatic heterocycles. The molecule has 8 heteroatoms. The highest BCUT2D eigenvalue weighted by Gasteiger charge is 2.43. The Hall–Kier alpha value is -3.10. The van der Waals surface area contributed by atoms with Crippen LogP contribution >= 0.6 is 0 Å². The van der Waals surface area contributed by atoms with Gasteiger partial charge in [0.25, 0.3) is 5.91 Å². The molecule has 2 amide bonds. The minimum atomic E-state index is -0.387. The fourth-order valence-corrected chi connectivity index (χ4v) is 4.43. The molecule has 0 aromatic heterocycles. The summed E-state index contributed by atoms with van der Waals surface area (Å²) in [5, 5.41) is 0. The van der Waals surface area contributed by atoms with Gasteiger partial charge in [-0.15, -0.1) is 0 Å². The number of methoxy groups -OCH3 is 1. The van der Waals surface area contributed by atoms with E-state index in [9.17, 15) is 9.59 Å². The SMILES string of the molecule is COc1ccc(N2C(=O)C[C@@H](N3CCN(Cc4ccc5c(c4)OCO5)CC3)C2=O)cc1. The Balaban J connectivity index is 1.19. The van der Waals surface area contributed by atoms with E-state index in [1.54, 1.807) is 31.4 Å². The van der Waals surface area contributed by atoms with Crippen LogP contribution in [0.4, 0.5) is 5.69 Å². The standard InChI is InChI=1S/C23H25N3O5/c1-29-18-5-3-17(4-6-18)26-22(27)13-19(23(26)28)25-10-8-24(9-11-25)14-16-2-7-20-21(12-16)31-15-30-20/h2-7,12,19H,8-11,13-15H2,1H3/t19-/m1/s1. The molecule has 0 N–H and O–H groups in total. The number of carbonyl (C=O) groups excluding carboxylic acids is 2. The molecule has 3 heterocycles. The predicted molar refractivity (Wildman–Crippen MR) is 113 cm³/mol. The van der Waals surface area contributed by atoms with E-state index in [1.807, 2.05) is 12.1 Å². The molecule has 0 spiro atoms. The van der Waals surface area contributed by atoms with Crippen molar-refractivity contribution in [1.29, 1.82) is 0 Å². The molecule has 1 atom stereocenters. The van der Waals surface area contributed by atoms with E-state index in [2.05, 4.69) is 15.9 Å². The van der Waals surface area contributed by atoms with Gasteiger partial charge < -0.3 is 14.2 Å². The van der Waals surface area contributed by atoms with Gasteiger partial charge in [-0.2, -0.15) is 0 Å². The first-order valence-corrected chi connectivity index (χ1v) is 10.5. The lowest BCUT2D eigenvalue weighted by molar-refractivity contribution is -0.123. The molecule has 3 aliphatic rings. The molecule has 2 fully saturated rings. The Morgan fingerprint density at radius 3 is 2.45 bits per heavy atom. The molecule has 31 heavy (non-hydrogen) atoms. The van der Waals surface area contributed by atoms with Crippen molar-refractivity contribution >= 4 is 17.5 Å². The van der Waals surface area contributed by atoms with Crippen LogP contribution in [-0.2, 0) is 16.1 Å². The second kappa shape index (κ2) is 8.20. The van der Waals surface area contributed by atoms with Gasteiger partial charge in [0.1, 0.15) is 5.75 Å². The lowest BCUT2D eigenvalue weighted by Crippen LogP contribution is -2.52. The second-order valence-electron chi connectivity index (χ2n) is 7.99. The minimum Gasteiger partial charge on any atom is -0.497 e. The first-order chi connectivity index (χ1) is 15.1. The third kappa shape index (κ3) is 3.84. The molecule has 0 saturated carbocycles. The van der Waals surface area contributed by atoms with Crippen molar-refractivity contribution in [3.05, 3.63) is 48.0 Å². The topological polar surface area (TPSA) is 71.6 Å². The third-order valence-electron chi connectivity index (χ3n) is 6.14. The molecule has 2 saturated heterocycles. The van der Waals surface area contributed by atoms with Crippen LogP contribution in [0.3, 0.4) is 0 Å². The normalized spacial score (nSPS) is 21.7. The highest BCUT2D eigenvalue weighted by molar-refractivity contribution is 6.22. The van der Waals surface area contributed by atoms with E-state index < -0.39 is 0 Å². The summed E-state index contributed by atoms with van der Waals surface area (Å²) in [6.45, 7) is 4.29. The van der Waals surface area contributed by atoms with Crippen molar-refractivity contribution in [1.82, 2.24) is 9.80 Å². The summed E-state index contributed by atoms with van der Waals surface area (Å²) in [7, 11) is 1.59. The van der Waals surface area contributed by atoms with Crippen LogP contribution in [0.15, 0.2) is 42.5 Å². The van der Waals surface area contributed by atoms with Crippen molar-refractivity contribution in [3.8, 4) is 17.2 Å².